The molecule has 2 aromatic heterocycles. The predicted octanol–water partition coefficient (Wildman–Crippen LogP) is 6.35. The Hall–Kier alpha value is -2.60. The molecule has 5 nitrogen and oxygen atoms in total. The van der Waals surface area contributed by atoms with Crippen LogP contribution in [0, 0.1) is 11.3 Å². The summed E-state index contributed by atoms with van der Waals surface area (Å²) in [4.78, 5) is 9.02. The van der Waals surface area contributed by atoms with Crippen molar-refractivity contribution < 1.29 is 4.74 Å². The number of benzene rings is 2. The second-order valence-corrected chi connectivity index (χ2v) is 9.76. The summed E-state index contributed by atoms with van der Waals surface area (Å²) in [5.41, 5.74) is 5.10. The maximum absolute atomic E-state index is 9.65. The van der Waals surface area contributed by atoms with E-state index in [1.165, 1.54) is 10.4 Å². The van der Waals surface area contributed by atoms with Crippen molar-refractivity contribution in [3.8, 4) is 17.2 Å². The standard InChI is InChI=1S/C25H21ClN4OS2/c26-22-11-19(2-4-24(22)32)29-25-18(12-27)13-28-23-10-16(1-3-21(23)25)17-9-20(33-15-17)14-30-5-7-31-8-6-30/h1-4,9-11,13,15,32H,5-8,14H2,(H,28,29). The zero-order chi connectivity index (χ0) is 22.8. The Morgan fingerprint density at radius 3 is 2.79 bits per heavy atom. The number of anilines is 2. The van der Waals surface area contributed by atoms with E-state index in [-0.39, 0.29) is 0 Å². The summed E-state index contributed by atoms with van der Waals surface area (Å²) in [5, 5.41) is 16.6. The number of thiol groups is 1. The maximum Gasteiger partial charge on any atom is 0.103 e. The first kappa shape index (κ1) is 22.2. The van der Waals surface area contributed by atoms with Crippen LogP contribution in [-0.4, -0.2) is 36.2 Å². The van der Waals surface area contributed by atoms with Crippen molar-refractivity contribution in [1.29, 1.82) is 5.26 Å². The second-order valence-electron chi connectivity index (χ2n) is 7.87. The second kappa shape index (κ2) is 9.72. The van der Waals surface area contributed by atoms with Crippen LogP contribution >= 0.6 is 35.6 Å². The van der Waals surface area contributed by atoms with Crippen LogP contribution in [0.5, 0.6) is 0 Å². The number of thiophene rings is 1. The molecule has 0 bridgehead atoms. The molecule has 4 aromatic rings. The summed E-state index contributed by atoms with van der Waals surface area (Å²) < 4.78 is 5.45. The number of nitrogens with one attached hydrogen (secondary N) is 1. The van der Waals surface area contributed by atoms with Gasteiger partial charge in [-0.25, -0.2) is 0 Å². The molecule has 1 aliphatic rings. The van der Waals surface area contributed by atoms with Crippen LogP contribution in [0.1, 0.15) is 10.4 Å². The Morgan fingerprint density at radius 1 is 1.15 bits per heavy atom. The molecule has 0 radical (unpaired) electrons. The monoisotopic (exact) mass is 492 g/mol. The van der Waals surface area contributed by atoms with E-state index < -0.39 is 0 Å². The number of fused-ring (bicyclic) bond motifs is 1. The van der Waals surface area contributed by atoms with E-state index in [0.717, 1.165) is 60.7 Å². The molecule has 3 heterocycles. The van der Waals surface area contributed by atoms with Gasteiger partial charge in [0.25, 0.3) is 0 Å². The van der Waals surface area contributed by atoms with E-state index in [4.69, 9.17) is 16.3 Å². The minimum absolute atomic E-state index is 0.477. The summed E-state index contributed by atoms with van der Waals surface area (Å²) in [6.07, 6.45) is 1.61. The van der Waals surface area contributed by atoms with Crippen molar-refractivity contribution in [2.45, 2.75) is 11.4 Å². The average Bonchev–Trinajstić information content (AvgIpc) is 3.30. The highest BCUT2D eigenvalue weighted by molar-refractivity contribution is 7.80. The number of rotatable bonds is 5. The minimum atomic E-state index is 0.477. The van der Waals surface area contributed by atoms with Crippen molar-refractivity contribution in [3.05, 3.63) is 69.5 Å². The van der Waals surface area contributed by atoms with E-state index in [2.05, 4.69) is 57.5 Å². The van der Waals surface area contributed by atoms with Crippen molar-refractivity contribution in [1.82, 2.24) is 9.88 Å². The molecular formula is C25H21ClN4OS2. The maximum atomic E-state index is 9.65. The Balaban J connectivity index is 1.45. The van der Waals surface area contributed by atoms with E-state index >= 15 is 0 Å². The van der Waals surface area contributed by atoms with E-state index in [9.17, 15) is 5.26 Å². The number of ether oxygens (including phenoxy) is 1. The topological polar surface area (TPSA) is 61.2 Å². The van der Waals surface area contributed by atoms with Gasteiger partial charge in [0.2, 0.25) is 0 Å². The number of halogens is 1. The van der Waals surface area contributed by atoms with Crippen LogP contribution in [0.25, 0.3) is 22.0 Å². The quantitative estimate of drug-likeness (QED) is 0.318. The van der Waals surface area contributed by atoms with Gasteiger partial charge in [0.05, 0.1) is 35.0 Å². The van der Waals surface area contributed by atoms with Crippen LogP contribution in [-0.2, 0) is 11.3 Å². The third-order valence-electron chi connectivity index (χ3n) is 5.68. The molecule has 1 fully saturated rings. The molecule has 5 rings (SSSR count). The van der Waals surface area contributed by atoms with Crippen LogP contribution in [0.15, 0.2) is 58.9 Å². The molecule has 1 saturated heterocycles. The van der Waals surface area contributed by atoms with Gasteiger partial charge in [-0.2, -0.15) is 5.26 Å². The molecule has 2 aromatic carbocycles. The lowest BCUT2D eigenvalue weighted by atomic mass is 10.0. The highest BCUT2D eigenvalue weighted by Crippen LogP contribution is 2.34. The summed E-state index contributed by atoms with van der Waals surface area (Å²) in [6, 6.07) is 16.2. The number of hydrogen-bond acceptors (Lipinski definition) is 7. The number of nitrogens with zero attached hydrogens (tertiary/aromatic N) is 3. The van der Waals surface area contributed by atoms with Gasteiger partial charge in [-0.1, -0.05) is 23.7 Å². The fourth-order valence-corrected chi connectivity index (χ4v) is 5.17. The van der Waals surface area contributed by atoms with Crippen LogP contribution in [0.2, 0.25) is 5.02 Å². The predicted molar refractivity (Wildman–Crippen MR) is 138 cm³/mol. The fraction of sp³-hybridized carbons (Fsp3) is 0.200. The van der Waals surface area contributed by atoms with Crippen molar-refractivity contribution in [3.63, 3.8) is 0 Å². The third-order valence-corrected chi connectivity index (χ3v) is 7.43. The molecule has 0 atom stereocenters. The summed E-state index contributed by atoms with van der Waals surface area (Å²) in [6.45, 7) is 4.52. The molecule has 0 saturated carbocycles. The zero-order valence-electron chi connectivity index (χ0n) is 17.7. The van der Waals surface area contributed by atoms with E-state index in [1.54, 1.807) is 23.6 Å². The molecule has 0 unspecified atom stereocenters. The van der Waals surface area contributed by atoms with Gasteiger partial charge < -0.3 is 10.1 Å². The normalized spacial score (nSPS) is 14.3. The first-order valence-corrected chi connectivity index (χ1v) is 12.3. The SMILES string of the molecule is N#Cc1cnc2cc(-c3csc(CN4CCOCC4)c3)ccc2c1Nc1ccc(S)c(Cl)c1. The van der Waals surface area contributed by atoms with Crippen molar-refractivity contribution >= 4 is 57.8 Å². The fourth-order valence-electron chi connectivity index (χ4n) is 3.92. The van der Waals surface area contributed by atoms with Gasteiger partial charge in [-0.05, 0) is 46.8 Å². The number of nitriles is 1. The number of morpholine rings is 1. The van der Waals surface area contributed by atoms with Gasteiger partial charge in [-0.3, -0.25) is 9.88 Å². The summed E-state index contributed by atoms with van der Waals surface area (Å²) in [7, 11) is 0. The Kier molecular flexibility index (Phi) is 6.54. The lowest BCUT2D eigenvalue weighted by molar-refractivity contribution is 0.0346. The molecule has 33 heavy (non-hydrogen) atoms. The van der Waals surface area contributed by atoms with Gasteiger partial charge in [0, 0.05) is 46.7 Å². The Bertz CT molecular complexity index is 1360. The van der Waals surface area contributed by atoms with Gasteiger partial charge in [0.1, 0.15) is 6.07 Å². The van der Waals surface area contributed by atoms with Crippen LogP contribution in [0.4, 0.5) is 11.4 Å². The zero-order valence-corrected chi connectivity index (χ0v) is 20.2. The first-order chi connectivity index (χ1) is 16.1. The highest BCUT2D eigenvalue weighted by atomic mass is 35.5. The molecule has 0 aliphatic carbocycles. The minimum Gasteiger partial charge on any atom is -0.379 e. The molecule has 166 valence electrons. The highest BCUT2D eigenvalue weighted by Gasteiger charge is 2.14. The lowest BCUT2D eigenvalue weighted by Crippen LogP contribution is -2.35. The van der Waals surface area contributed by atoms with Gasteiger partial charge >= 0.3 is 0 Å². The van der Waals surface area contributed by atoms with Crippen molar-refractivity contribution in [2.24, 2.45) is 0 Å². The summed E-state index contributed by atoms with van der Waals surface area (Å²) in [5.74, 6) is 0. The molecule has 0 spiro atoms. The Labute approximate surface area is 207 Å². The first-order valence-electron chi connectivity index (χ1n) is 10.6. The summed E-state index contributed by atoms with van der Waals surface area (Å²) >= 11 is 12.3. The third kappa shape index (κ3) is 4.86. The molecule has 8 heteroatoms. The largest absolute Gasteiger partial charge is 0.379 e. The Morgan fingerprint density at radius 2 is 2.00 bits per heavy atom. The molecule has 1 aliphatic heterocycles. The molecule has 1 N–H and O–H groups in total. The molecular weight excluding hydrogens is 472 g/mol. The van der Waals surface area contributed by atoms with Gasteiger partial charge in [-0.15, -0.1) is 24.0 Å². The van der Waals surface area contributed by atoms with E-state index in [1.807, 2.05) is 18.2 Å². The lowest BCUT2D eigenvalue weighted by Gasteiger charge is -2.25. The average molecular weight is 493 g/mol. The molecule has 0 amide bonds. The smallest absolute Gasteiger partial charge is 0.103 e. The van der Waals surface area contributed by atoms with Crippen molar-refractivity contribution in [2.75, 3.05) is 31.6 Å². The number of hydrogen-bond donors (Lipinski definition) is 2. The number of aromatic nitrogens is 1. The van der Waals surface area contributed by atoms with Crippen LogP contribution < -0.4 is 5.32 Å². The van der Waals surface area contributed by atoms with E-state index in [0.29, 0.717) is 15.5 Å². The number of pyridine rings is 1. The van der Waals surface area contributed by atoms with Gasteiger partial charge in [0.15, 0.2) is 0 Å². The van der Waals surface area contributed by atoms with Crippen LogP contribution in [0.3, 0.4) is 0 Å².